The number of hydrogen-bond donors (Lipinski definition) is 1. The highest BCUT2D eigenvalue weighted by Crippen LogP contribution is 2.23. The first-order valence-electron chi connectivity index (χ1n) is 4.17. The van der Waals surface area contributed by atoms with Gasteiger partial charge in [-0.3, -0.25) is 0 Å². The number of nitriles is 2. The third kappa shape index (κ3) is 4.02. The first-order valence-corrected chi connectivity index (χ1v) is 4.17. The maximum atomic E-state index is 8.82. The second kappa shape index (κ2) is 6.28. The standard InChI is InChI=1S/C12H10N2O/c1-3-6-12(9-13,10-14)7-4-5-11(2)8-15/h1,15H,2,6-8H2. The van der Waals surface area contributed by atoms with E-state index in [0.29, 0.717) is 5.57 Å². The zero-order valence-corrected chi connectivity index (χ0v) is 8.25. The molecule has 0 unspecified atom stereocenters. The summed E-state index contributed by atoms with van der Waals surface area (Å²) in [6.45, 7) is 3.23. The molecule has 0 aromatic rings. The fourth-order valence-electron chi connectivity index (χ4n) is 0.779. The molecule has 0 bridgehead atoms. The topological polar surface area (TPSA) is 67.8 Å². The molecular formula is C12H10N2O. The molecule has 0 aromatic carbocycles. The Hall–Kier alpha value is -2.20. The fraction of sp³-hybridized carbons (Fsp3) is 0.333. The van der Waals surface area contributed by atoms with Crippen molar-refractivity contribution in [3.63, 3.8) is 0 Å². The highest BCUT2D eigenvalue weighted by molar-refractivity contribution is 5.29. The number of aliphatic hydroxyl groups excluding tert-OH is 1. The Balaban J connectivity index is 4.66. The lowest BCUT2D eigenvalue weighted by Crippen LogP contribution is -2.14. The predicted molar refractivity (Wildman–Crippen MR) is 55.7 cm³/mol. The van der Waals surface area contributed by atoms with E-state index in [-0.39, 0.29) is 19.4 Å². The van der Waals surface area contributed by atoms with Crippen molar-refractivity contribution < 1.29 is 5.11 Å². The lowest BCUT2D eigenvalue weighted by molar-refractivity contribution is 0.336. The van der Waals surface area contributed by atoms with Gasteiger partial charge < -0.3 is 5.11 Å². The van der Waals surface area contributed by atoms with Gasteiger partial charge in [-0.15, -0.1) is 12.3 Å². The van der Waals surface area contributed by atoms with Crippen LogP contribution in [0.5, 0.6) is 0 Å². The van der Waals surface area contributed by atoms with E-state index in [1.54, 1.807) is 0 Å². The molecule has 0 heterocycles. The molecule has 0 aliphatic rings. The Kier molecular flexibility index (Phi) is 5.36. The molecule has 0 rings (SSSR count). The molecule has 0 spiro atoms. The lowest BCUT2D eigenvalue weighted by Gasteiger charge is -2.10. The summed E-state index contributed by atoms with van der Waals surface area (Å²) in [6.07, 6.45) is 5.17. The van der Waals surface area contributed by atoms with Crippen molar-refractivity contribution in [1.29, 1.82) is 10.5 Å². The molecule has 0 aromatic heterocycles. The third-order valence-electron chi connectivity index (χ3n) is 1.68. The Morgan fingerprint density at radius 1 is 1.33 bits per heavy atom. The number of hydrogen-bond acceptors (Lipinski definition) is 3. The van der Waals surface area contributed by atoms with Crippen LogP contribution in [0, 0.1) is 52.3 Å². The van der Waals surface area contributed by atoms with E-state index in [1.165, 1.54) is 0 Å². The van der Waals surface area contributed by atoms with Gasteiger partial charge in [-0.25, -0.2) is 0 Å². The van der Waals surface area contributed by atoms with Crippen LogP contribution in [0.15, 0.2) is 12.2 Å². The minimum absolute atomic E-state index is 0.0419. The SMILES string of the molecule is C#CCC(C#N)(C#N)CC#CC(=C)CO. The third-order valence-corrected chi connectivity index (χ3v) is 1.68. The van der Waals surface area contributed by atoms with E-state index >= 15 is 0 Å². The first kappa shape index (κ1) is 12.8. The fourth-order valence-corrected chi connectivity index (χ4v) is 0.779. The quantitative estimate of drug-likeness (QED) is 0.687. The van der Waals surface area contributed by atoms with E-state index in [1.807, 2.05) is 12.1 Å². The van der Waals surface area contributed by atoms with Crippen molar-refractivity contribution in [2.24, 2.45) is 5.41 Å². The Morgan fingerprint density at radius 3 is 2.33 bits per heavy atom. The van der Waals surface area contributed by atoms with Gasteiger partial charge in [0.15, 0.2) is 5.41 Å². The summed E-state index contributed by atoms with van der Waals surface area (Å²) in [5.74, 6) is 7.44. The van der Waals surface area contributed by atoms with Crippen LogP contribution in [-0.4, -0.2) is 11.7 Å². The summed E-state index contributed by atoms with van der Waals surface area (Å²) in [4.78, 5) is 0. The van der Waals surface area contributed by atoms with Gasteiger partial charge in [-0.1, -0.05) is 18.4 Å². The number of rotatable bonds is 3. The van der Waals surface area contributed by atoms with Gasteiger partial charge >= 0.3 is 0 Å². The van der Waals surface area contributed by atoms with Crippen LogP contribution in [0.2, 0.25) is 0 Å². The minimum Gasteiger partial charge on any atom is -0.391 e. The van der Waals surface area contributed by atoms with Crippen molar-refractivity contribution >= 4 is 0 Å². The predicted octanol–water partition coefficient (Wildman–Crippen LogP) is 0.985. The second-order valence-corrected chi connectivity index (χ2v) is 2.93. The molecule has 3 nitrogen and oxygen atoms in total. The van der Waals surface area contributed by atoms with Gasteiger partial charge in [0.25, 0.3) is 0 Å². The van der Waals surface area contributed by atoms with Crippen LogP contribution in [-0.2, 0) is 0 Å². The zero-order chi connectivity index (χ0) is 11.7. The number of nitrogens with zero attached hydrogens (tertiary/aromatic N) is 2. The van der Waals surface area contributed by atoms with Crippen molar-refractivity contribution in [2.45, 2.75) is 12.8 Å². The number of terminal acetylenes is 1. The monoisotopic (exact) mass is 198 g/mol. The summed E-state index contributed by atoms with van der Waals surface area (Å²) in [7, 11) is 0. The van der Waals surface area contributed by atoms with E-state index in [9.17, 15) is 0 Å². The molecule has 1 N–H and O–H groups in total. The summed E-state index contributed by atoms with van der Waals surface area (Å²) >= 11 is 0. The maximum Gasteiger partial charge on any atom is 0.165 e. The maximum absolute atomic E-state index is 8.82. The summed E-state index contributed by atoms with van der Waals surface area (Å²) in [6, 6.07) is 3.72. The molecule has 0 saturated carbocycles. The molecule has 0 aliphatic carbocycles. The van der Waals surface area contributed by atoms with Crippen LogP contribution >= 0.6 is 0 Å². The summed E-state index contributed by atoms with van der Waals surface area (Å²) in [5.41, 5.74) is -0.905. The van der Waals surface area contributed by atoms with Crippen LogP contribution in [0.3, 0.4) is 0 Å². The average Bonchev–Trinajstić information content (AvgIpc) is 2.27. The molecule has 0 radical (unpaired) electrons. The Morgan fingerprint density at radius 2 is 1.93 bits per heavy atom. The normalized spacial score (nSPS) is 8.67. The second-order valence-electron chi connectivity index (χ2n) is 2.93. The van der Waals surface area contributed by atoms with Gasteiger partial charge in [-0.2, -0.15) is 10.5 Å². The van der Waals surface area contributed by atoms with E-state index < -0.39 is 5.41 Å². The summed E-state index contributed by atoms with van der Waals surface area (Å²) < 4.78 is 0. The molecular weight excluding hydrogens is 188 g/mol. The molecule has 15 heavy (non-hydrogen) atoms. The van der Waals surface area contributed by atoms with Gasteiger partial charge in [0.2, 0.25) is 0 Å². The van der Waals surface area contributed by atoms with E-state index in [0.717, 1.165) is 0 Å². The largest absolute Gasteiger partial charge is 0.391 e. The van der Waals surface area contributed by atoms with Crippen LogP contribution in [0.1, 0.15) is 12.8 Å². The highest BCUT2D eigenvalue weighted by Gasteiger charge is 2.27. The molecule has 0 amide bonds. The summed E-state index contributed by atoms with van der Waals surface area (Å²) in [5, 5.41) is 26.3. The molecule has 0 saturated heterocycles. The van der Waals surface area contributed by atoms with E-state index in [4.69, 9.17) is 22.1 Å². The zero-order valence-electron chi connectivity index (χ0n) is 8.25. The Bertz CT molecular complexity index is 404. The smallest absolute Gasteiger partial charge is 0.165 e. The van der Waals surface area contributed by atoms with Crippen LogP contribution < -0.4 is 0 Å². The Labute approximate surface area is 89.6 Å². The van der Waals surface area contributed by atoms with Crippen molar-refractivity contribution in [1.82, 2.24) is 0 Å². The van der Waals surface area contributed by atoms with Crippen molar-refractivity contribution in [2.75, 3.05) is 6.61 Å². The number of aliphatic hydroxyl groups is 1. The molecule has 3 heteroatoms. The average molecular weight is 198 g/mol. The van der Waals surface area contributed by atoms with Crippen LogP contribution in [0.4, 0.5) is 0 Å². The van der Waals surface area contributed by atoms with Crippen molar-refractivity contribution in [3.8, 4) is 36.3 Å². The molecule has 74 valence electrons. The van der Waals surface area contributed by atoms with Gasteiger partial charge in [-0.05, 0) is 0 Å². The minimum atomic E-state index is -1.25. The van der Waals surface area contributed by atoms with Gasteiger partial charge in [0.05, 0.1) is 18.7 Å². The van der Waals surface area contributed by atoms with Crippen molar-refractivity contribution in [3.05, 3.63) is 12.2 Å². The lowest BCUT2D eigenvalue weighted by atomic mass is 9.85. The van der Waals surface area contributed by atoms with Gasteiger partial charge in [0.1, 0.15) is 0 Å². The molecule has 0 aliphatic heterocycles. The van der Waals surface area contributed by atoms with E-state index in [2.05, 4.69) is 24.3 Å². The first-order chi connectivity index (χ1) is 7.14. The van der Waals surface area contributed by atoms with Gasteiger partial charge in [0, 0.05) is 18.4 Å². The van der Waals surface area contributed by atoms with Crippen LogP contribution in [0.25, 0.3) is 0 Å². The molecule has 0 fully saturated rings. The molecule has 0 atom stereocenters. The highest BCUT2D eigenvalue weighted by atomic mass is 16.3.